The van der Waals surface area contributed by atoms with Crippen LogP contribution in [0.5, 0.6) is 5.75 Å². The van der Waals surface area contributed by atoms with Crippen molar-refractivity contribution in [3.8, 4) is 5.75 Å². The first-order valence-corrected chi connectivity index (χ1v) is 9.37. The van der Waals surface area contributed by atoms with Crippen molar-refractivity contribution in [2.24, 2.45) is 0 Å². The van der Waals surface area contributed by atoms with Crippen LogP contribution in [0.2, 0.25) is 0 Å². The van der Waals surface area contributed by atoms with Crippen LogP contribution in [-0.4, -0.2) is 31.9 Å². The predicted molar refractivity (Wildman–Crippen MR) is 102 cm³/mol. The van der Waals surface area contributed by atoms with Gasteiger partial charge in [-0.1, -0.05) is 6.92 Å². The van der Waals surface area contributed by atoms with Gasteiger partial charge in [0, 0.05) is 23.1 Å². The molecule has 6 heteroatoms. The van der Waals surface area contributed by atoms with Gasteiger partial charge in [-0.05, 0) is 86.5 Å². The van der Waals surface area contributed by atoms with E-state index in [-0.39, 0.29) is 12.2 Å². The summed E-state index contributed by atoms with van der Waals surface area (Å²) in [5.41, 5.74) is 0. The third-order valence-electron chi connectivity index (χ3n) is 3.22. The van der Waals surface area contributed by atoms with E-state index in [1.54, 1.807) is 7.11 Å². The summed E-state index contributed by atoms with van der Waals surface area (Å²) in [7, 11) is 1.76. The lowest BCUT2D eigenvalue weighted by molar-refractivity contribution is -0.0889. The zero-order valence-electron chi connectivity index (χ0n) is 10.8. The molecule has 1 aromatic rings. The van der Waals surface area contributed by atoms with Gasteiger partial charge in [0.05, 0.1) is 7.14 Å². The zero-order valence-corrected chi connectivity index (χ0v) is 17.2. The maximum absolute atomic E-state index is 6.16. The van der Waals surface area contributed by atoms with E-state index in [4.69, 9.17) is 9.47 Å². The molecule has 0 radical (unpaired) electrons. The molecule has 1 aromatic carbocycles. The van der Waals surface area contributed by atoms with Crippen LogP contribution in [0.25, 0.3) is 0 Å². The minimum absolute atomic E-state index is 0.144. The largest absolute Gasteiger partial charge is 0.485 e. The molecule has 2 rings (SSSR count). The van der Waals surface area contributed by atoms with Crippen LogP contribution in [0.4, 0.5) is 0 Å². The highest BCUT2D eigenvalue weighted by Gasteiger charge is 2.43. The molecule has 3 atom stereocenters. The fourth-order valence-electron chi connectivity index (χ4n) is 2.27. The molecule has 19 heavy (non-hydrogen) atoms. The summed E-state index contributed by atoms with van der Waals surface area (Å²) in [6.07, 6.45) is 1.30. The number of methoxy groups -OCH3 is 1. The summed E-state index contributed by atoms with van der Waals surface area (Å²) in [6.45, 7) is 3.09. The molecule has 1 aliphatic carbocycles. The average Bonchev–Trinajstić information content (AvgIpc) is 2.31. The van der Waals surface area contributed by atoms with Crippen molar-refractivity contribution in [3.05, 3.63) is 22.8 Å². The van der Waals surface area contributed by atoms with E-state index < -0.39 is 0 Å². The van der Waals surface area contributed by atoms with E-state index >= 15 is 0 Å². The second-order valence-corrected chi connectivity index (χ2v) is 8.03. The van der Waals surface area contributed by atoms with Crippen molar-refractivity contribution in [2.45, 2.75) is 31.6 Å². The van der Waals surface area contributed by atoms with Crippen LogP contribution in [-0.2, 0) is 4.74 Å². The van der Waals surface area contributed by atoms with Crippen LogP contribution in [0.1, 0.15) is 13.3 Å². The van der Waals surface area contributed by atoms with Gasteiger partial charge in [-0.15, -0.1) is 0 Å². The molecule has 1 saturated carbocycles. The summed E-state index contributed by atoms with van der Waals surface area (Å²) in [5.74, 6) is 0.989. The minimum atomic E-state index is 0.144. The molecule has 1 fully saturated rings. The molecule has 0 amide bonds. The lowest BCUT2D eigenvalue weighted by atomic mass is 9.85. The number of rotatable bonds is 5. The topological polar surface area (TPSA) is 30.5 Å². The Morgan fingerprint density at radius 2 is 1.89 bits per heavy atom. The van der Waals surface area contributed by atoms with E-state index in [0.717, 1.165) is 25.9 Å². The van der Waals surface area contributed by atoms with Crippen molar-refractivity contribution in [1.82, 2.24) is 5.32 Å². The summed E-state index contributed by atoms with van der Waals surface area (Å²) >= 11 is 7.00. The fraction of sp³-hybridized carbons (Fsp3) is 0.538. The summed E-state index contributed by atoms with van der Waals surface area (Å²) in [6, 6.07) is 4.70. The quantitative estimate of drug-likeness (QED) is 0.525. The molecular weight excluding hydrogens is 583 g/mol. The Bertz CT molecular complexity index is 433. The van der Waals surface area contributed by atoms with Crippen molar-refractivity contribution in [2.75, 3.05) is 13.7 Å². The Kier molecular flexibility index (Phi) is 6.44. The van der Waals surface area contributed by atoms with Crippen molar-refractivity contribution in [3.63, 3.8) is 0 Å². The second kappa shape index (κ2) is 7.41. The number of ether oxygens (including phenoxy) is 2. The van der Waals surface area contributed by atoms with E-state index in [1.165, 1.54) is 3.57 Å². The molecule has 0 aliphatic heterocycles. The molecule has 1 aliphatic rings. The third-order valence-corrected chi connectivity index (χ3v) is 5.45. The third kappa shape index (κ3) is 3.86. The molecule has 0 saturated heterocycles. The molecule has 0 spiro atoms. The van der Waals surface area contributed by atoms with Crippen molar-refractivity contribution in [1.29, 1.82) is 0 Å². The SMILES string of the molecule is CCNC1CC(Oc2c(I)cc(I)cc2I)C1OC. The number of likely N-dealkylation sites (N-methyl/N-ethyl adjacent to an activating group) is 1. The lowest BCUT2D eigenvalue weighted by Gasteiger charge is -2.43. The maximum Gasteiger partial charge on any atom is 0.146 e. The van der Waals surface area contributed by atoms with Crippen molar-refractivity contribution >= 4 is 67.8 Å². The number of benzene rings is 1. The predicted octanol–water partition coefficient (Wildman–Crippen LogP) is 3.64. The van der Waals surface area contributed by atoms with Gasteiger partial charge >= 0.3 is 0 Å². The van der Waals surface area contributed by atoms with Gasteiger partial charge in [0.25, 0.3) is 0 Å². The van der Waals surface area contributed by atoms with E-state index in [0.29, 0.717) is 6.04 Å². The zero-order chi connectivity index (χ0) is 14.0. The first-order valence-electron chi connectivity index (χ1n) is 6.14. The van der Waals surface area contributed by atoms with Gasteiger partial charge in [-0.2, -0.15) is 0 Å². The molecular formula is C13H16I3NO2. The number of nitrogens with one attached hydrogen (secondary N) is 1. The maximum atomic E-state index is 6.16. The van der Waals surface area contributed by atoms with Gasteiger partial charge in [-0.25, -0.2) is 0 Å². The number of halogens is 3. The van der Waals surface area contributed by atoms with E-state index in [2.05, 4.69) is 92.1 Å². The highest BCUT2D eigenvalue weighted by molar-refractivity contribution is 14.1. The second-order valence-electron chi connectivity index (χ2n) is 4.46. The van der Waals surface area contributed by atoms with Gasteiger partial charge in [0.2, 0.25) is 0 Å². The van der Waals surface area contributed by atoms with Gasteiger partial charge < -0.3 is 14.8 Å². The summed E-state index contributed by atoms with van der Waals surface area (Å²) in [5, 5.41) is 3.43. The monoisotopic (exact) mass is 599 g/mol. The molecule has 106 valence electrons. The van der Waals surface area contributed by atoms with Gasteiger partial charge in [-0.3, -0.25) is 0 Å². The van der Waals surface area contributed by atoms with Gasteiger partial charge in [0.15, 0.2) is 0 Å². The van der Waals surface area contributed by atoms with Crippen molar-refractivity contribution < 1.29 is 9.47 Å². The minimum Gasteiger partial charge on any atom is -0.485 e. The standard InChI is InChI=1S/C13H16I3NO2/c1-3-17-10-6-11(13(10)18-2)19-12-8(15)4-7(14)5-9(12)16/h4-5,10-11,13,17H,3,6H2,1-2H3. The smallest absolute Gasteiger partial charge is 0.146 e. The summed E-state index contributed by atoms with van der Waals surface area (Å²) in [4.78, 5) is 0. The molecule has 1 N–H and O–H groups in total. The van der Waals surface area contributed by atoms with Crippen LogP contribution in [0.15, 0.2) is 12.1 Å². The first-order chi connectivity index (χ1) is 9.06. The van der Waals surface area contributed by atoms with Crippen LogP contribution >= 0.6 is 67.8 Å². The first kappa shape index (κ1) is 16.5. The van der Waals surface area contributed by atoms with E-state index in [1.807, 2.05) is 0 Å². The average molecular weight is 599 g/mol. The van der Waals surface area contributed by atoms with E-state index in [9.17, 15) is 0 Å². The van der Waals surface area contributed by atoms with Crippen LogP contribution in [0, 0.1) is 10.7 Å². The number of hydrogen-bond acceptors (Lipinski definition) is 3. The Morgan fingerprint density at radius 3 is 2.42 bits per heavy atom. The Hall–Kier alpha value is 1.13. The molecule has 0 heterocycles. The lowest BCUT2D eigenvalue weighted by Crippen LogP contribution is -2.61. The molecule has 0 bridgehead atoms. The highest BCUT2D eigenvalue weighted by atomic mass is 127. The van der Waals surface area contributed by atoms with Crippen LogP contribution in [0.3, 0.4) is 0 Å². The highest BCUT2D eigenvalue weighted by Crippen LogP contribution is 2.35. The Labute approximate surface area is 155 Å². The molecule has 0 aromatic heterocycles. The Morgan fingerprint density at radius 1 is 1.26 bits per heavy atom. The van der Waals surface area contributed by atoms with Gasteiger partial charge in [0.1, 0.15) is 18.0 Å². The number of hydrogen-bond donors (Lipinski definition) is 1. The molecule has 3 nitrogen and oxygen atoms in total. The molecule has 3 unspecified atom stereocenters. The normalized spacial score (nSPS) is 26.1. The fourth-order valence-corrected chi connectivity index (χ4v) is 6.10. The Balaban J connectivity index is 2.07. The summed E-state index contributed by atoms with van der Waals surface area (Å²) < 4.78 is 15.3. The van der Waals surface area contributed by atoms with Crippen LogP contribution < -0.4 is 10.1 Å².